The SMILES string of the molecule is CNCC(C(=O)O)C1CCS(=O)(=O)CC1. The van der Waals surface area contributed by atoms with Crippen molar-refractivity contribution in [3.8, 4) is 0 Å². The topological polar surface area (TPSA) is 83.5 Å². The highest BCUT2D eigenvalue weighted by Gasteiger charge is 2.32. The molecule has 0 aliphatic carbocycles. The number of carboxylic acid groups (broad SMARTS) is 1. The van der Waals surface area contributed by atoms with E-state index in [4.69, 9.17) is 5.11 Å². The first-order chi connectivity index (χ1) is 6.96. The van der Waals surface area contributed by atoms with Crippen molar-refractivity contribution < 1.29 is 18.3 Å². The number of hydrogen-bond acceptors (Lipinski definition) is 4. The maximum Gasteiger partial charge on any atom is 0.308 e. The largest absolute Gasteiger partial charge is 0.481 e. The second kappa shape index (κ2) is 4.94. The zero-order valence-electron chi connectivity index (χ0n) is 8.77. The summed E-state index contributed by atoms with van der Waals surface area (Å²) in [6.07, 6.45) is 0.946. The normalized spacial score (nSPS) is 23.5. The molecule has 0 aromatic heterocycles. The van der Waals surface area contributed by atoms with E-state index in [1.807, 2.05) is 0 Å². The summed E-state index contributed by atoms with van der Waals surface area (Å²) >= 11 is 0. The summed E-state index contributed by atoms with van der Waals surface area (Å²) in [5, 5.41) is 11.8. The van der Waals surface area contributed by atoms with E-state index in [2.05, 4.69) is 5.32 Å². The molecular formula is C9H17NO4S. The Morgan fingerprint density at radius 1 is 1.47 bits per heavy atom. The van der Waals surface area contributed by atoms with Crippen LogP contribution in [-0.2, 0) is 14.6 Å². The lowest BCUT2D eigenvalue weighted by molar-refractivity contribution is -0.143. The zero-order chi connectivity index (χ0) is 11.5. The summed E-state index contributed by atoms with van der Waals surface area (Å²) in [5.74, 6) is -1.06. The molecule has 1 saturated heterocycles. The van der Waals surface area contributed by atoms with Gasteiger partial charge >= 0.3 is 5.97 Å². The molecular weight excluding hydrogens is 218 g/mol. The van der Waals surface area contributed by atoms with Gasteiger partial charge in [0.1, 0.15) is 9.84 Å². The molecule has 0 aromatic carbocycles. The second-order valence-corrected chi connectivity index (χ2v) is 6.30. The quantitative estimate of drug-likeness (QED) is 0.701. The van der Waals surface area contributed by atoms with Gasteiger partial charge in [0.2, 0.25) is 0 Å². The minimum absolute atomic E-state index is 0.0153. The maximum absolute atomic E-state index is 11.2. The lowest BCUT2D eigenvalue weighted by Crippen LogP contribution is -2.37. The van der Waals surface area contributed by atoms with E-state index >= 15 is 0 Å². The Balaban J connectivity index is 2.60. The molecule has 5 nitrogen and oxygen atoms in total. The molecule has 1 rings (SSSR count). The molecule has 1 aliphatic rings. The molecule has 0 amide bonds. The van der Waals surface area contributed by atoms with Crippen LogP contribution in [0.5, 0.6) is 0 Å². The van der Waals surface area contributed by atoms with Crippen molar-refractivity contribution in [1.29, 1.82) is 0 Å². The number of carbonyl (C=O) groups is 1. The van der Waals surface area contributed by atoms with Crippen LogP contribution in [0.15, 0.2) is 0 Å². The molecule has 1 aliphatic heterocycles. The highest BCUT2D eigenvalue weighted by Crippen LogP contribution is 2.26. The molecule has 88 valence electrons. The predicted octanol–water partition coefficient (Wildman–Crippen LogP) is -0.269. The van der Waals surface area contributed by atoms with Crippen molar-refractivity contribution in [2.24, 2.45) is 11.8 Å². The van der Waals surface area contributed by atoms with E-state index in [9.17, 15) is 13.2 Å². The average Bonchev–Trinajstić information content (AvgIpc) is 2.14. The highest BCUT2D eigenvalue weighted by atomic mass is 32.2. The van der Waals surface area contributed by atoms with Crippen LogP contribution >= 0.6 is 0 Å². The fraction of sp³-hybridized carbons (Fsp3) is 0.889. The van der Waals surface area contributed by atoms with Crippen molar-refractivity contribution in [3.63, 3.8) is 0 Å². The number of carboxylic acids is 1. The van der Waals surface area contributed by atoms with Crippen molar-refractivity contribution in [1.82, 2.24) is 5.32 Å². The van der Waals surface area contributed by atoms with Gasteiger partial charge in [-0.3, -0.25) is 4.79 Å². The third-order valence-electron chi connectivity index (χ3n) is 2.91. The van der Waals surface area contributed by atoms with Crippen LogP contribution in [-0.4, -0.2) is 44.6 Å². The summed E-state index contributed by atoms with van der Waals surface area (Å²) < 4.78 is 22.4. The molecule has 6 heteroatoms. The minimum atomic E-state index is -2.90. The first-order valence-electron chi connectivity index (χ1n) is 5.04. The van der Waals surface area contributed by atoms with Crippen molar-refractivity contribution in [2.75, 3.05) is 25.1 Å². The summed E-state index contributed by atoms with van der Waals surface area (Å²) in [7, 11) is -1.20. The van der Waals surface area contributed by atoms with Crippen LogP contribution in [0.1, 0.15) is 12.8 Å². The van der Waals surface area contributed by atoms with E-state index in [1.54, 1.807) is 7.05 Å². The zero-order valence-corrected chi connectivity index (χ0v) is 9.59. The molecule has 0 radical (unpaired) electrons. The third kappa shape index (κ3) is 3.46. The summed E-state index contributed by atoms with van der Waals surface area (Å²) in [5.41, 5.74) is 0. The van der Waals surface area contributed by atoms with Crippen molar-refractivity contribution >= 4 is 15.8 Å². The van der Waals surface area contributed by atoms with Crippen molar-refractivity contribution in [3.05, 3.63) is 0 Å². The number of hydrogen-bond donors (Lipinski definition) is 2. The Morgan fingerprint density at radius 2 is 2.00 bits per heavy atom. The van der Waals surface area contributed by atoms with E-state index < -0.39 is 21.7 Å². The van der Waals surface area contributed by atoms with Crippen LogP contribution in [0.4, 0.5) is 0 Å². The van der Waals surface area contributed by atoms with Gasteiger partial charge in [-0.25, -0.2) is 8.42 Å². The Kier molecular flexibility index (Phi) is 4.10. The smallest absolute Gasteiger partial charge is 0.308 e. The van der Waals surface area contributed by atoms with Gasteiger partial charge in [-0.05, 0) is 25.8 Å². The first kappa shape index (κ1) is 12.4. The van der Waals surface area contributed by atoms with Crippen LogP contribution < -0.4 is 5.32 Å². The van der Waals surface area contributed by atoms with E-state index in [1.165, 1.54) is 0 Å². The second-order valence-electron chi connectivity index (χ2n) is 3.99. The molecule has 1 fully saturated rings. The van der Waals surface area contributed by atoms with Crippen LogP contribution in [0, 0.1) is 11.8 Å². The molecule has 15 heavy (non-hydrogen) atoms. The summed E-state index contributed by atoms with van der Waals surface area (Å²) in [4.78, 5) is 11.0. The third-order valence-corrected chi connectivity index (χ3v) is 4.62. The van der Waals surface area contributed by atoms with Crippen LogP contribution in [0.2, 0.25) is 0 Å². The Labute approximate surface area is 89.8 Å². The molecule has 0 aromatic rings. The van der Waals surface area contributed by atoms with E-state index in [0.29, 0.717) is 19.4 Å². The van der Waals surface area contributed by atoms with E-state index in [0.717, 1.165) is 0 Å². The molecule has 1 heterocycles. The van der Waals surface area contributed by atoms with Gasteiger partial charge in [0, 0.05) is 6.54 Å². The minimum Gasteiger partial charge on any atom is -0.481 e. The van der Waals surface area contributed by atoms with Crippen molar-refractivity contribution in [2.45, 2.75) is 12.8 Å². The molecule has 2 N–H and O–H groups in total. The number of sulfone groups is 1. The van der Waals surface area contributed by atoms with Gasteiger partial charge in [-0.1, -0.05) is 0 Å². The van der Waals surface area contributed by atoms with Gasteiger partial charge in [0.15, 0.2) is 0 Å². The molecule has 1 unspecified atom stereocenters. The molecule has 0 saturated carbocycles. The number of aliphatic carboxylic acids is 1. The standard InChI is InChI=1S/C9H17NO4S/c1-10-6-8(9(11)12)7-2-4-15(13,14)5-3-7/h7-8,10H,2-6H2,1H3,(H,11,12). The maximum atomic E-state index is 11.2. The Hall–Kier alpha value is -0.620. The molecule has 1 atom stereocenters. The first-order valence-corrected chi connectivity index (χ1v) is 6.86. The molecule has 0 bridgehead atoms. The van der Waals surface area contributed by atoms with Gasteiger partial charge < -0.3 is 10.4 Å². The number of nitrogens with one attached hydrogen (secondary N) is 1. The van der Waals surface area contributed by atoms with Gasteiger partial charge in [-0.2, -0.15) is 0 Å². The Bertz CT molecular complexity index is 311. The fourth-order valence-electron chi connectivity index (χ4n) is 1.99. The van der Waals surface area contributed by atoms with Crippen LogP contribution in [0.25, 0.3) is 0 Å². The van der Waals surface area contributed by atoms with Crippen LogP contribution in [0.3, 0.4) is 0 Å². The van der Waals surface area contributed by atoms with E-state index in [-0.39, 0.29) is 17.4 Å². The highest BCUT2D eigenvalue weighted by molar-refractivity contribution is 7.91. The number of rotatable bonds is 4. The summed E-state index contributed by atoms with van der Waals surface area (Å²) in [6.45, 7) is 0.403. The van der Waals surface area contributed by atoms with Gasteiger partial charge in [-0.15, -0.1) is 0 Å². The summed E-state index contributed by atoms with van der Waals surface area (Å²) in [6, 6.07) is 0. The van der Waals surface area contributed by atoms with Gasteiger partial charge in [0.25, 0.3) is 0 Å². The Morgan fingerprint density at radius 3 is 2.40 bits per heavy atom. The molecule has 0 spiro atoms. The predicted molar refractivity (Wildman–Crippen MR) is 56.4 cm³/mol. The fourth-order valence-corrected chi connectivity index (χ4v) is 3.51. The average molecular weight is 235 g/mol. The lowest BCUT2D eigenvalue weighted by Gasteiger charge is -2.27. The monoisotopic (exact) mass is 235 g/mol. The lowest BCUT2D eigenvalue weighted by atomic mass is 9.87. The van der Waals surface area contributed by atoms with Gasteiger partial charge in [0.05, 0.1) is 17.4 Å².